The standard InChI is InChI=1S/C42H30O4/c43-25-45-39-23-31-13-3-1-11-29(31)21-37(39)35-19-17-27-9-5-7-15-33(27)41(35)42-34-16-8-6-10-28(34)18-20-36(42)38-22-30-12-2-4-14-32(30)24-40(38)46-26-44/h1-24,43-44H,25-26H2. The van der Waals surface area contributed by atoms with E-state index < -0.39 is 13.6 Å². The Morgan fingerprint density at radius 3 is 1.09 bits per heavy atom. The van der Waals surface area contributed by atoms with Gasteiger partial charge in [-0.2, -0.15) is 0 Å². The van der Waals surface area contributed by atoms with Gasteiger partial charge in [-0.3, -0.25) is 0 Å². The Hall–Kier alpha value is -5.68. The van der Waals surface area contributed by atoms with Gasteiger partial charge in [0.25, 0.3) is 0 Å². The number of benzene rings is 8. The average molecular weight is 599 g/mol. The zero-order chi connectivity index (χ0) is 31.0. The molecule has 8 aromatic carbocycles. The van der Waals surface area contributed by atoms with E-state index in [4.69, 9.17) is 9.47 Å². The third-order valence-corrected chi connectivity index (χ3v) is 8.82. The van der Waals surface area contributed by atoms with Crippen LogP contribution in [0.25, 0.3) is 76.5 Å². The smallest absolute Gasteiger partial charge is 0.186 e. The molecule has 0 aliphatic carbocycles. The molecular formula is C42H30O4. The molecule has 0 aliphatic rings. The van der Waals surface area contributed by atoms with E-state index in [-0.39, 0.29) is 0 Å². The van der Waals surface area contributed by atoms with Crippen LogP contribution in [0.5, 0.6) is 11.5 Å². The van der Waals surface area contributed by atoms with Crippen LogP contribution in [0.1, 0.15) is 0 Å². The highest BCUT2D eigenvalue weighted by Gasteiger charge is 2.23. The van der Waals surface area contributed by atoms with E-state index in [1.165, 1.54) is 0 Å². The van der Waals surface area contributed by atoms with Crippen LogP contribution < -0.4 is 9.47 Å². The molecule has 2 N–H and O–H groups in total. The van der Waals surface area contributed by atoms with Crippen molar-refractivity contribution in [2.24, 2.45) is 0 Å². The van der Waals surface area contributed by atoms with Crippen LogP contribution in [0.15, 0.2) is 146 Å². The van der Waals surface area contributed by atoms with Crippen LogP contribution in [0.3, 0.4) is 0 Å². The summed E-state index contributed by atoms with van der Waals surface area (Å²) in [5, 5.41) is 28.5. The number of hydrogen-bond acceptors (Lipinski definition) is 4. The van der Waals surface area contributed by atoms with Crippen LogP contribution in [0.4, 0.5) is 0 Å². The average Bonchev–Trinajstić information content (AvgIpc) is 3.10. The lowest BCUT2D eigenvalue weighted by Crippen LogP contribution is -2.00. The molecule has 0 aliphatic heterocycles. The van der Waals surface area contributed by atoms with Gasteiger partial charge in [0.1, 0.15) is 11.5 Å². The Morgan fingerprint density at radius 2 is 0.696 bits per heavy atom. The van der Waals surface area contributed by atoms with Crippen LogP contribution in [-0.4, -0.2) is 23.8 Å². The second-order valence-corrected chi connectivity index (χ2v) is 11.4. The van der Waals surface area contributed by atoms with E-state index in [9.17, 15) is 10.2 Å². The van der Waals surface area contributed by atoms with Gasteiger partial charge in [-0.05, 0) is 89.6 Å². The van der Waals surface area contributed by atoms with Gasteiger partial charge >= 0.3 is 0 Å². The minimum absolute atomic E-state index is 0.438. The summed E-state index contributed by atoms with van der Waals surface area (Å²) < 4.78 is 11.8. The summed E-state index contributed by atoms with van der Waals surface area (Å²) in [6.45, 7) is -0.876. The second kappa shape index (κ2) is 11.7. The Balaban J connectivity index is 1.54. The molecular weight excluding hydrogens is 568 g/mol. The van der Waals surface area contributed by atoms with Gasteiger partial charge in [-0.15, -0.1) is 0 Å². The van der Waals surface area contributed by atoms with Crippen LogP contribution in [0.2, 0.25) is 0 Å². The third kappa shape index (κ3) is 4.72. The largest absolute Gasteiger partial charge is 0.467 e. The maximum absolute atomic E-state index is 9.97. The normalized spacial score (nSPS) is 11.4. The molecule has 222 valence electrons. The lowest BCUT2D eigenvalue weighted by atomic mass is 9.82. The first-order chi connectivity index (χ1) is 22.7. The minimum atomic E-state index is -0.438. The number of aliphatic hydroxyl groups excluding tert-OH is 2. The molecule has 0 saturated carbocycles. The second-order valence-electron chi connectivity index (χ2n) is 11.4. The van der Waals surface area contributed by atoms with Crippen molar-refractivity contribution in [3.05, 3.63) is 146 Å². The molecule has 0 atom stereocenters. The van der Waals surface area contributed by atoms with Gasteiger partial charge in [0.05, 0.1) is 0 Å². The summed E-state index contributed by atoms with van der Waals surface area (Å²) in [6, 6.07) is 50.1. The molecule has 0 heterocycles. The van der Waals surface area contributed by atoms with Crippen molar-refractivity contribution in [1.29, 1.82) is 0 Å². The number of fused-ring (bicyclic) bond motifs is 4. The van der Waals surface area contributed by atoms with E-state index in [0.717, 1.165) is 76.5 Å². The van der Waals surface area contributed by atoms with Gasteiger partial charge in [0, 0.05) is 11.1 Å². The Bertz CT molecular complexity index is 2240. The molecule has 0 saturated heterocycles. The van der Waals surface area contributed by atoms with Gasteiger partial charge < -0.3 is 19.7 Å². The van der Waals surface area contributed by atoms with Crippen LogP contribution >= 0.6 is 0 Å². The molecule has 8 rings (SSSR count). The predicted octanol–water partition coefficient (Wildman–Crippen LogP) is 9.96. The molecule has 46 heavy (non-hydrogen) atoms. The van der Waals surface area contributed by atoms with E-state index in [2.05, 4.69) is 109 Å². The molecule has 0 unspecified atom stereocenters. The molecule has 0 bridgehead atoms. The Kier molecular flexibility index (Phi) is 7.07. The van der Waals surface area contributed by atoms with Crippen LogP contribution in [-0.2, 0) is 0 Å². The van der Waals surface area contributed by atoms with Gasteiger partial charge in [-0.1, -0.05) is 121 Å². The summed E-state index contributed by atoms with van der Waals surface area (Å²) in [6.07, 6.45) is 0. The summed E-state index contributed by atoms with van der Waals surface area (Å²) in [5.41, 5.74) is 5.83. The van der Waals surface area contributed by atoms with E-state index in [1.807, 2.05) is 36.4 Å². The number of hydrogen-bond donors (Lipinski definition) is 2. The fourth-order valence-electron chi connectivity index (χ4n) is 6.77. The summed E-state index contributed by atoms with van der Waals surface area (Å²) in [7, 11) is 0. The zero-order valence-electron chi connectivity index (χ0n) is 25.0. The Morgan fingerprint density at radius 1 is 0.348 bits per heavy atom. The number of aliphatic hydroxyl groups is 2. The fourth-order valence-corrected chi connectivity index (χ4v) is 6.77. The molecule has 4 heteroatoms. The van der Waals surface area contributed by atoms with Crippen molar-refractivity contribution in [2.45, 2.75) is 0 Å². The maximum atomic E-state index is 9.97. The van der Waals surface area contributed by atoms with E-state index >= 15 is 0 Å². The van der Waals surface area contributed by atoms with E-state index in [0.29, 0.717) is 11.5 Å². The lowest BCUT2D eigenvalue weighted by Gasteiger charge is -2.22. The quantitative estimate of drug-likeness (QED) is 0.179. The first-order valence-electron chi connectivity index (χ1n) is 15.3. The van der Waals surface area contributed by atoms with Gasteiger partial charge in [0.2, 0.25) is 0 Å². The van der Waals surface area contributed by atoms with Crippen molar-refractivity contribution >= 4 is 43.1 Å². The van der Waals surface area contributed by atoms with Crippen molar-refractivity contribution in [3.63, 3.8) is 0 Å². The van der Waals surface area contributed by atoms with Crippen molar-refractivity contribution < 1.29 is 19.7 Å². The van der Waals surface area contributed by atoms with E-state index in [1.54, 1.807) is 0 Å². The molecule has 8 aromatic rings. The maximum Gasteiger partial charge on any atom is 0.186 e. The highest BCUT2D eigenvalue weighted by Crippen LogP contribution is 2.50. The number of rotatable bonds is 7. The van der Waals surface area contributed by atoms with Gasteiger partial charge in [-0.25, -0.2) is 0 Å². The molecule has 0 aromatic heterocycles. The highest BCUT2D eigenvalue weighted by atomic mass is 16.6. The SMILES string of the molecule is OCOc1cc2ccccc2cc1-c1ccc2ccccc2c1-c1c(-c2cc3ccccc3cc2OCO)ccc2ccccc12. The molecule has 4 nitrogen and oxygen atoms in total. The summed E-state index contributed by atoms with van der Waals surface area (Å²) in [4.78, 5) is 0. The fraction of sp³-hybridized carbons (Fsp3) is 0.0476. The zero-order valence-corrected chi connectivity index (χ0v) is 25.0. The molecule has 0 amide bonds. The third-order valence-electron chi connectivity index (χ3n) is 8.82. The number of ether oxygens (including phenoxy) is 2. The van der Waals surface area contributed by atoms with Crippen LogP contribution in [0, 0.1) is 0 Å². The summed E-state index contributed by atoms with van der Waals surface area (Å²) >= 11 is 0. The lowest BCUT2D eigenvalue weighted by molar-refractivity contribution is 0.0988. The predicted molar refractivity (Wildman–Crippen MR) is 188 cm³/mol. The first-order valence-corrected chi connectivity index (χ1v) is 15.3. The minimum Gasteiger partial charge on any atom is -0.467 e. The van der Waals surface area contributed by atoms with Crippen molar-refractivity contribution in [2.75, 3.05) is 13.6 Å². The molecule has 0 fully saturated rings. The van der Waals surface area contributed by atoms with Crippen molar-refractivity contribution in [3.8, 4) is 44.9 Å². The van der Waals surface area contributed by atoms with Gasteiger partial charge in [0.15, 0.2) is 13.6 Å². The van der Waals surface area contributed by atoms with Crippen molar-refractivity contribution in [1.82, 2.24) is 0 Å². The topological polar surface area (TPSA) is 58.9 Å². The molecule has 0 radical (unpaired) electrons. The first kappa shape index (κ1) is 27.8. The summed E-state index contributed by atoms with van der Waals surface area (Å²) in [5.74, 6) is 1.21. The Labute approximate surface area is 266 Å². The molecule has 0 spiro atoms. The monoisotopic (exact) mass is 598 g/mol. The highest BCUT2D eigenvalue weighted by molar-refractivity contribution is 6.16.